The molecule has 4 heteroatoms. The van der Waals surface area contributed by atoms with E-state index in [1.54, 1.807) is 10.9 Å². The van der Waals surface area contributed by atoms with Gasteiger partial charge in [-0.05, 0) is 25.1 Å². The van der Waals surface area contributed by atoms with E-state index in [-0.39, 0.29) is 0 Å². The van der Waals surface area contributed by atoms with Gasteiger partial charge in [0.05, 0.1) is 22.9 Å². The highest BCUT2D eigenvalue weighted by molar-refractivity contribution is 5.74. The largest absolute Gasteiger partial charge is 0.251 e. The maximum Gasteiger partial charge on any atom is 0.172 e. The third-order valence-electron chi connectivity index (χ3n) is 2.39. The number of benzene rings is 1. The monoisotopic (exact) mass is 210 g/mol. The molecule has 78 valence electrons. The van der Waals surface area contributed by atoms with Crippen LogP contribution in [0.5, 0.6) is 0 Å². The fourth-order valence-electron chi connectivity index (χ4n) is 1.60. The number of hydrogen-bond acceptors (Lipinski definition) is 3. The minimum atomic E-state index is 0.742. The molecular weight excluding hydrogens is 200 g/mol. The summed E-state index contributed by atoms with van der Waals surface area (Å²) >= 11 is 0. The first kappa shape index (κ1) is 9.03. The van der Waals surface area contributed by atoms with Crippen LogP contribution in [0.4, 0.5) is 0 Å². The summed E-state index contributed by atoms with van der Waals surface area (Å²) in [5.74, 6) is 0.742. The molecule has 1 aromatic carbocycles. The highest BCUT2D eigenvalue weighted by atomic mass is 15.3. The molecular formula is C12H10N4. The number of aryl methyl sites for hydroxylation is 1. The van der Waals surface area contributed by atoms with Crippen molar-refractivity contribution in [2.24, 2.45) is 0 Å². The Morgan fingerprint density at radius 3 is 2.62 bits per heavy atom. The van der Waals surface area contributed by atoms with Gasteiger partial charge < -0.3 is 0 Å². The lowest BCUT2D eigenvalue weighted by molar-refractivity contribution is 0.832. The van der Waals surface area contributed by atoms with E-state index in [1.165, 1.54) is 0 Å². The Hall–Kier alpha value is -2.23. The van der Waals surface area contributed by atoms with Crippen LogP contribution < -0.4 is 0 Å². The molecule has 0 spiro atoms. The Balaban J connectivity index is 2.18. The molecule has 0 saturated heterocycles. The van der Waals surface area contributed by atoms with Gasteiger partial charge in [-0.2, -0.15) is 5.10 Å². The van der Waals surface area contributed by atoms with E-state index >= 15 is 0 Å². The molecule has 2 aromatic heterocycles. The van der Waals surface area contributed by atoms with Crippen molar-refractivity contribution in [1.29, 1.82) is 0 Å². The first-order chi connectivity index (χ1) is 7.83. The van der Waals surface area contributed by atoms with Gasteiger partial charge in [-0.25, -0.2) is 9.67 Å². The van der Waals surface area contributed by atoms with Crippen molar-refractivity contribution < 1.29 is 0 Å². The number of nitrogens with zero attached hydrogens (tertiary/aromatic N) is 4. The van der Waals surface area contributed by atoms with Crippen LogP contribution >= 0.6 is 0 Å². The van der Waals surface area contributed by atoms with Gasteiger partial charge in [-0.1, -0.05) is 12.1 Å². The standard InChI is InChI=1S/C12H10N4/c1-9-6-7-16(15-9)12-8-13-10-4-2-3-5-11(10)14-12/h2-8H,1H3. The fraction of sp³-hybridized carbons (Fsp3) is 0.0833. The molecule has 0 bridgehead atoms. The molecule has 0 atom stereocenters. The Bertz CT molecular complexity index is 642. The lowest BCUT2D eigenvalue weighted by Crippen LogP contribution is -1.99. The Morgan fingerprint density at radius 2 is 1.88 bits per heavy atom. The smallest absolute Gasteiger partial charge is 0.172 e. The molecule has 3 rings (SSSR count). The third kappa shape index (κ3) is 1.44. The Labute approximate surface area is 92.6 Å². The molecule has 3 aromatic rings. The number of fused-ring (bicyclic) bond motifs is 1. The summed E-state index contributed by atoms with van der Waals surface area (Å²) in [5, 5.41) is 4.30. The molecule has 0 fully saturated rings. The molecule has 0 amide bonds. The highest BCUT2D eigenvalue weighted by Crippen LogP contribution is 2.10. The van der Waals surface area contributed by atoms with E-state index in [4.69, 9.17) is 0 Å². The zero-order valence-electron chi connectivity index (χ0n) is 8.83. The lowest BCUT2D eigenvalue weighted by atomic mass is 10.3. The lowest BCUT2D eigenvalue weighted by Gasteiger charge is -2.01. The van der Waals surface area contributed by atoms with Gasteiger partial charge in [-0.15, -0.1) is 0 Å². The van der Waals surface area contributed by atoms with Crippen LogP contribution in [0.3, 0.4) is 0 Å². The second-order valence-corrected chi connectivity index (χ2v) is 3.62. The summed E-state index contributed by atoms with van der Waals surface area (Å²) in [5.41, 5.74) is 2.75. The van der Waals surface area contributed by atoms with Crippen molar-refractivity contribution in [3.63, 3.8) is 0 Å². The van der Waals surface area contributed by atoms with Gasteiger partial charge in [0, 0.05) is 6.20 Å². The molecule has 0 aliphatic carbocycles. The molecule has 0 saturated carbocycles. The third-order valence-corrected chi connectivity index (χ3v) is 2.39. The van der Waals surface area contributed by atoms with Gasteiger partial charge in [0.1, 0.15) is 0 Å². The first-order valence-electron chi connectivity index (χ1n) is 5.07. The Kier molecular flexibility index (Phi) is 1.93. The number of aromatic nitrogens is 4. The molecule has 0 aliphatic rings. The van der Waals surface area contributed by atoms with Gasteiger partial charge in [0.15, 0.2) is 5.82 Å². The van der Waals surface area contributed by atoms with Crippen LogP contribution in [-0.2, 0) is 0 Å². The highest BCUT2D eigenvalue weighted by Gasteiger charge is 2.01. The van der Waals surface area contributed by atoms with Crippen LogP contribution in [0.1, 0.15) is 5.69 Å². The zero-order chi connectivity index (χ0) is 11.0. The SMILES string of the molecule is Cc1ccn(-c2cnc3ccccc3n2)n1. The van der Waals surface area contributed by atoms with Crippen LogP contribution in [0.15, 0.2) is 42.7 Å². The molecule has 0 aliphatic heterocycles. The van der Waals surface area contributed by atoms with E-state index in [0.29, 0.717) is 0 Å². The molecule has 2 heterocycles. The predicted octanol–water partition coefficient (Wildman–Crippen LogP) is 2.12. The second-order valence-electron chi connectivity index (χ2n) is 3.62. The van der Waals surface area contributed by atoms with Gasteiger partial charge >= 0.3 is 0 Å². The van der Waals surface area contributed by atoms with Crippen molar-refractivity contribution in [3.8, 4) is 5.82 Å². The van der Waals surface area contributed by atoms with Crippen molar-refractivity contribution in [2.45, 2.75) is 6.92 Å². The van der Waals surface area contributed by atoms with E-state index in [0.717, 1.165) is 22.5 Å². The van der Waals surface area contributed by atoms with Crippen LogP contribution in [0.25, 0.3) is 16.9 Å². The summed E-state index contributed by atoms with van der Waals surface area (Å²) in [7, 11) is 0. The normalized spacial score (nSPS) is 10.8. The summed E-state index contributed by atoms with van der Waals surface area (Å²) in [6, 6.07) is 9.74. The fourth-order valence-corrected chi connectivity index (χ4v) is 1.60. The maximum atomic E-state index is 4.50. The molecule has 16 heavy (non-hydrogen) atoms. The first-order valence-corrected chi connectivity index (χ1v) is 5.07. The van der Waals surface area contributed by atoms with Gasteiger partial charge in [-0.3, -0.25) is 4.98 Å². The Morgan fingerprint density at radius 1 is 1.06 bits per heavy atom. The van der Waals surface area contributed by atoms with Crippen molar-refractivity contribution in [2.75, 3.05) is 0 Å². The van der Waals surface area contributed by atoms with Gasteiger partial charge in [0.25, 0.3) is 0 Å². The van der Waals surface area contributed by atoms with Crippen LogP contribution in [-0.4, -0.2) is 19.7 Å². The second kappa shape index (κ2) is 3.41. The molecule has 0 unspecified atom stereocenters. The van der Waals surface area contributed by atoms with Crippen molar-refractivity contribution in [3.05, 3.63) is 48.4 Å². The van der Waals surface area contributed by atoms with Crippen molar-refractivity contribution in [1.82, 2.24) is 19.7 Å². The summed E-state index contributed by atoms with van der Waals surface area (Å²) in [6.07, 6.45) is 3.61. The van der Waals surface area contributed by atoms with Crippen molar-refractivity contribution >= 4 is 11.0 Å². The van der Waals surface area contributed by atoms with E-state index < -0.39 is 0 Å². The zero-order valence-corrected chi connectivity index (χ0v) is 8.83. The number of rotatable bonds is 1. The van der Waals surface area contributed by atoms with E-state index in [2.05, 4.69) is 15.1 Å². The average molecular weight is 210 g/mol. The van der Waals surface area contributed by atoms with Crippen LogP contribution in [0, 0.1) is 6.92 Å². The summed E-state index contributed by atoms with van der Waals surface area (Å²) < 4.78 is 1.73. The quantitative estimate of drug-likeness (QED) is 0.618. The van der Waals surface area contributed by atoms with E-state index in [9.17, 15) is 0 Å². The maximum absolute atomic E-state index is 4.50. The minimum Gasteiger partial charge on any atom is -0.251 e. The average Bonchev–Trinajstić information content (AvgIpc) is 2.75. The van der Waals surface area contributed by atoms with Gasteiger partial charge in [0.2, 0.25) is 0 Å². The van der Waals surface area contributed by atoms with Crippen LogP contribution in [0.2, 0.25) is 0 Å². The predicted molar refractivity (Wildman–Crippen MR) is 61.4 cm³/mol. The number of para-hydroxylation sites is 2. The number of hydrogen-bond donors (Lipinski definition) is 0. The van der Waals surface area contributed by atoms with E-state index in [1.807, 2.05) is 43.5 Å². The molecule has 4 nitrogen and oxygen atoms in total. The molecule has 0 radical (unpaired) electrons. The summed E-state index contributed by atoms with van der Waals surface area (Å²) in [6.45, 7) is 1.95. The summed E-state index contributed by atoms with van der Waals surface area (Å²) in [4.78, 5) is 8.84. The topological polar surface area (TPSA) is 43.6 Å². The minimum absolute atomic E-state index is 0.742. The molecule has 0 N–H and O–H groups in total.